The summed E-state index contributed by atoms with van der Waals surface area (Å²) in [5.74, 6) is -1.80. The van der Waals surface area contributed by atoms with Crippen LogP contribution >= 0.6 is 0 Å². The van der Waals surface area contributed by atoms with Crippen LogP contribution in [0.2, 0.25) is 0 Å². The van der Waals surface area contributed by atoms with Crippen LogP contribution in [0, 0.1) is 11.6 Å². The molecule has 1 saturated heterocycles. The lowest BCUT2D eigenvalue weighted by atomic mass is 9.71. The van der Waals surface area contributed by atoms with Gasteiger partial charge in [0.1, 0.15) is 11.6 Å². The van der Waals surface area contributed by atoms with Gasteiger partial charge < -0.3 is 15.3 Å². The molecular formula is C25H21F2N3O3. The Hall–Kier alpha value is -3.78. The predicted octanol–water partition coefficient (Wildman–Crippen LogP) is 3.99. The Labute approximate surface area is 189 Å². The van der Waals surface area contributed by atoms with E-state index < -0.39 is 23.7 Å². The molecule has 0 radical (unpaired) electrons. The lowest BCUT2D eigenvalue weighted by molar-refractivity contribution is -0.0241. The minimum absolute atomic E-state index is 0.145. The molecule has 8 heteroatoms. The van der Waals surface area contributed by atoms with Gasteiger partial charge in [0.25, 0.3) is 5.91 Å². The van der Waals surface area contributed by atoms with Crippen molar-refractivity contribution in [3.05, 3.63) is 95.6 Å². The third kappa shape index (κ3) is 3.52. The van der Waals surface area contributed by atoms with Crippen molar-refractivity contribution in [3.63, 3.8) is 0 Å². The van der Waals surface area contributed by atoms with Gasteiger partial charge in [-0.15, -0.1) is 0 Å². The van der Waals surface area contributed by atoms with Crippen molar-refractivity contribution >= 4 is 23.3 Å². The number of rotatable bonds is 3. The van der Waals surface area contributed by atoms with Gasteiger partial charge in [-0.25, -0.2) is 13.6 Å². The molecule has 0 saturated carbocycles. The van der Waals surface area contributed by atoms with Crippen molar-refractivity contribution in [2.75, 3.05) is 23.4 Å². The van der Waals surface area contributed by atoms with Crippen molar-refractivity contribution < 1.29 is 23.5 Å². The van der Waals surface area contributed by atoms with Gasteiger partial charge in [0.05, 0.1) is 24.4 Å². The van der Waals surface area contributed by atoms with E-state index in [1.54, 1.807) is 41.3 Å². The number of anilines is 2. The molecule has 3 atom stereocenters. The second kappa shape index (κ2) is 8.29. The van der Waals surface area contributed by atoms with Crippen LogP contribution in [0.4, 0.5) is 25.0 Å². The standard InChI is InChI=1S/C25H21F2N3O3/c26-16-10-11-18(27)19(12-16)28-25(33)29-13-21-23(17-8-4-5-9-20(17)29)22(14-31)30(21)24(32)15-6-2-1-3-7-15/h1-12,21-23,31H,13-14H2,(H,28,33)/t21-,22-,23+/m0/s1. The summed E-state index contributed by atoms with van der Waals surface area (Å²) in [6.45, 7) is -0.0612. The van der Waals surface area contributed by atoms with E-state index in [4.69, 9.17) is 0 Å². The van der Waals surface area contributed by atoms with Gasteiger partial charge in [0.2, 0.25) is 0 Å². The van der Waals surface area contributed by atoms with Gasteiger partial charge in [-0.2, -0.15) is 0 Å². The van der Waals surface area contributed by atoms with Gasteiger partial charge in [0, 0.05) is 29.8 Å². The van der Waals surface area contributed by atoms with Gasteiger partial charge in [0.15, 0.2) is 0 Å². The van der Waals surface area contributed by atoms with Crippen LogP contribution in [-0.2, 0) is 0 Å². The molecule has 2 aliphatic rings. The van der Waals surface area contributed by atoms with Crippen LogP contribution in [0.5, 0.6) is 0 Å². The Morgan fingerprint density at radius 1 is 1.00 bits per heavy atom. The number of nitrogens with one attached hydrogen (secondary N) is 1. The largest absolute Gasteiger partial charge is 0.394 e. The lowest BCUT2D eigenvalue weighted by Gasteiger charge is -2.58. The first-order valence-corrected chi connectivity index (χ1v) is 10.6. The number of para-hydroxylation sites is 1. The number of aliphatic hydroxyl groups is 1. The number of carbonyl (C=O) groups is 2. The molecule has 0 aromatic heterocycles. The Bertz CT molecular complexity index is 1220. The Morgan fingerprint density at radius 2 is 1.73 bits per heavy atom. The summed E-state index contributed by atoms with van der Waals surface area (Å²) >= 11 is 0. The fourth-order valence-corrected chi connectivity index (χ4v) is 4.86. The first kappa shape index (κ1) is 21.1. The molecule has 3 aromatic rings. The molecule has 3 amide bonds. The van der Waals surface area contributed by atoms with E-state index in [0.717, 1.165) is 23.8 Å². The second-order valence-electron chi connectivity index (χ2n) is 8.15. The zero-order valence-corrected chi connectivity index (χ0v) is 17.5. The molecular weight excluding hydrogens is 428 g/mol. The topological polar surface area (TPSA) is 72.9 Å². The van der Waals surface area contributed by atoms with E-state index in [0.29, 0.717) is 11.3 Å². The average molecular weight is 449 g/mol. The molecule has 2 aliphatic heterocycles. The van der Waals surface area contributed by atoms with Gasteiger partial charge >= 0.3 is 6.03 Å². The number of amides is 3. The van der Waals surface area contributed by atoms with Gasteiger partial charge in [-0.05, 0) is 35.9 Å². The van der Waals surface area contributed by atoms with Crippen molar-refractivity contribution in [2.24, 2.45) is 0 Å². The minimum atomic E-state index is -0.752. The fraction of sp³-hybridized carbons (Fsp3) is 0.200. The monoisotopic (exact) mass is 449 g/mol. The van der Waals surface area contributed by atoms with Crippen molar-refractivity contribution in [2.45, 2.75) is 18.0 Å². The molecule has 5 rings (SSSR count). The molecule has 0 bridgehead atoms. The molecule has 0 aliphatic carbocycles. The Kier molecular flexibility index (Phi) is 5.30. The van der Waals surface area contributed by atoms with E-state index in [1.807, 2.05) is 18.2 Å². The zero-order valence-electron chi connectivity index (χ0n) is 17.5. The van der Waals surface area contributed by atoms with Crippen LogP contribution in [-0.4, -0.2) is 47.2 Å². The highest BCUT2D eigenvalue weighted by atomic mass is 19.1. The van der Waals surface area contributed by atoms with Gasteiger partial charge in [-0.1, -0.05) is 36.4 Å². The van der Waals surface area contributed by atoms with Crippen LogP contribution in [0.15, 0.2) is 72.8 Å². The quantitative estimate of drug-likeness (QED) is 0.635. The maximum Gasteiger partial charge on any atom is 0.326 e. The number of fused-ring (bicyclic) bond motifs is 3. The SMILES string of the molecule is O=C(Nc1cc(F)ccc1F)N1C[C@H]2[C@@H](c3ccccc31)[C@H](CO)N2C(=O)c1ccccc1. The minimum Gasteiger partial charge on any atom is -0.394 e. The van der Waals surface area contributed by atoms with E-state index in [9.17, 15) is 23.5 Å². The summed E-state index contributed by atoms with van der Waals surface area (Å²) in [6.07, 6.45) is 0. The molecule has 33 heavy (non-hydrogen) atoms. The third-order valence-electron chi connectivity index (χ3n) is 6.36. The van der Waals surface area contributed by atoms with E-state index in [2.05, 4.69) is 5.32 Å². The number of urea groups is 1. The summed E-state index contributed by atoms with van der Waals surface area (Å²) in [5, 5.41) is 12.5. The highest BCUT2D eigenvalue weighted by molar-refractivity contribution is 6.03. The summed E-state index contributed by atoms with van der Waals surface area (Å²) in [5.41, 5.74) is 1.66. The number of halogens is 2. The Morgan fingerprint density at radius 3 is 2.48 bits per heavy atom. The number of aliphatic hydroxyl groups excluding tert-OH is 1. The first-order valence-electron chi connectivity index (χ1n) is 10.6. The Balaban J connectivity index is 1.48. The zero-order chi connectivity index (χ0) is 23.1. The highest BCUT2D eigenvalue weighted by Gasteiger charge is 2.55. The van der Waals surface area contributed by atoms with Crippen LogP contribution < -0.4 is 10.2 Å². The molecule has 2 N–H and O–H groups in total. The smallest absolute Gasteiger partial charge is 0.326 e. The van der Waals surface area contributed by atoms with Crippen molar-refractivity contribution in [1.29, 1.82) is 0 Å². The van der Waals surface area contributed by atoms with Crippen molar-refractivity contribution in [1.82, 2.24) is 4.90 Å². The number of nitrogens with zero attached hydrogens (tertiary/aromatic N) is 2. The molecule has 2 heterocycles. The predicted molar refractivity (Wildman–Crippen MR) is 119 cm³/mol. The molecule has 168 valence electrons. The maximum atomic E-state index is 14.1. The number of likely N-dealkylation sites (tertiary alicyclic amines) is 1. The van der Waals surface area contributed by atoms with Crippen LogP contribution in [0.25, 0.3) is 0 Å². The summed E-state index contributed by atoms with van der Waals surface area (Å²) in [6, 6.07) is 17.4. The van der Waals surface area contributed by atoms with Gasteiger partial charge in [-0.3, -0.25) is 9.69 Å². The number of benzene rings is 3. The molecule has 0 spiro atoms. The molecule has 6 nitrogen and oxygen atoms in total. The summed E-state index contributed by atoms with van der Waals surface area (Å²) < 4.78 is 27.7. The molecule has 0 unspecified atom stereocenters. The average Bonchev–Trinajstić information content (AvgIpc) is 2.82. The second-order valence-corrected chi connectivity index (χ2v) is 8.15. The van der Waals surface area contributed by atoms with E-state index in [1.165, 1.54) is 4.90 Å². The summed E-state index contributed by atoms with van der Waals surface area (Å²) in [4.78, 5) is 29.4. The van der Waals surface area contributed by atoms with Crippen molar-refractivity contribution in [3.8, 4) is 0 Å². The highest BCUT2D eigenvalue weighted by Crippen LogP contribution is 2.48. The lowest BCUT2D eigenvalue weighted by Crippen LogP contribution is -2.71. The number of carbonyl (C=O) groups excluding carboxylic acids is 2. The molecule has 3 aromatic carbocycles. The van der Waals surface area contributed by atoms with Crippen LogP contribution in [0.1, 0.15) is 21.8 Å². The van der Waals surface area contributed by atoms with E-state index in [-0.39, 0.29) is 36.7 Å². The van der Waals surface area contributed by atoms with Crippen LogP contribution in [0.3, 0.4) is 0 Å². The fourth-order valence-electron chi connectivity index (χ4n) is 4.86. The molecule has 1 fully saturated rings. The third-order valence-corrected chi connectivity index (χ3v) is 6.36. The number of hydrogen-bond acceptors (Lipinski definition) is 3. The van der Waals surface area contributed by atoms with E-state index >= 15 is 0 Å². The normalized spacial score (nSPS) is 21.0. The maximum absolute atomic E-state index is 14.1. The first-order chi connectivity index (χ1) is 16.0. The summed E-state index contributed by atoms with van der Waals surface area (Å²) in [7, 11) is 0. The number of hydrogen-bond donors (Lipinski definition) is 2.